The van der Waals surface area contributed by atoms with Crippen LogP contribution in [-0.4, -0.2) is 63.7 Å². The summed E-state index contributed by atoms with van der Waals surface area (Å²) in [6.07, 6.45) is 3.19. The first-order chi connectivity index (χ1) is 16.1. The monoisotopic (exact) mass is 450 g/mol. The standard InChI is InChI=1S/C27H38N4O2/c1-31-18-25(22-5-3-4-21(16-22)17-30-23-11-13-28-14-12-23)26(19-31)27(32)29-15-10-20-6-8-24(33-2)9-7-20/h3-9,16,23,25-26,28,30H,10-15,17-19H2,1-2H3,(H,29,32). The van der Waals surface area contributed by atoms with E-state index >= 15 is 0 Å². The van der Waals surface area contributed by atoms with E-state index < -0.39 is 0 Å². The summed E-state index contributed by atoms with van der Waals surface area (Å²) >= 11 is 0. The van der Waals surface area contributed by atoms with Gasteiger partial charge < -0.3 is 25.6 Å². The van der Waals surface area contributed by atoms with E-state index in [0.29, 0.717) is 12.6 Å². The summed E-state index contributed by atoms with van der Waals surface area (Å²) in [6, 6.07) is 17.5. The summed E-state index contributed by atoms with van der Waals surface area (Å²) < 4.78 is 5.22. The Bertz CT molecular complexity index is 895. The minimum atomic E-state index is -0.0153. The van der Waals surface area contributed by atoms with Gasteiger partial charge in [-0.2, -0.15) is 0 Å². The van der Waals surface area contributed by atoms with Crippen molar-refractivity contribution in [3.8, 4) is 5.75 Å². The molecule has 6 heteroatoms. The van der Waals surface area contributed by atoms with Gasteiger partial charge in [-0.15, -0.1) is 0 Å². The average Bonchev–Trinajstić information content (AvgIpc) is 3.26. The van der Waals surface area contributed by atoms with Gasteiger partial charge in [-0.05, 0) is 68.2 Å². The van der Waals surface area contributed by atoms with Crippen LogP contribution < -0.4 is 20.7 Å². The molecule has 2 heterocycles. The highest BCUT2D eigenvalue weighted by atomic mass is 16.5. The number of ether oxygens (including phenoxy) is 1. The van der Waals surface area contributed by atoms with Crippen LogP contribution in [0.25, 0.3) is 0 Å². The lowest BCUT2D eigenvalue weighted by atomic mass is 9.87. The number of piperidine rings is 1. The van der Waals surface area contributed by atoms with Crippen LogP contribution in [0.1, 0.15) is 35.4 Å². The molecule has 2 unspecified atom stereocenters. The van der Waals surface area contributed by atoms with Gasteiger partial charge in [-0.3, -0.25) is 4.79 Å². The van der Waals surface area contributed by atoms with E-state index in [-0.39, 0.29) is 17.7 Å². The number of benzene rings is 2. The highest BCUT2D eigenvalue weighted by molar-refractivity contribution is 5.80. The minimum absolute atomic E-state index is 0.0153. The number of methoxy groups -OCH3 is 1. The van der Waals surface area contributed by atoms with Crippen molar-refractivity contribution in [1.82, 2.24) is 20.9 Å². The number of hydrogen-bond donors (Lipinski definition) is 3. The van der Waals surface area contributed by atoms with Crippen LogP contribution >= 0.6 is 0 Å². The van der Waals surface area contributed by atoms with Gasteiger partial charge in [0.05, 0.1) is 13.0 Å². The molecule has 178 valence electrons. The molecule has 6 nitrogen and oxygen atoms in total. The van der Waals surface area contributed by atoms with Crippen molar-refractivity contribution in [1.29, 1.82) is 0 Å². The summed E-state index contributed by atoms with van der Waals surface area (Å²) in [4.78, 5) is 15.4. The number of carbonyl (C=O) groups excluding carboxylic acids is 1. The van der Waals surface area contributed by atoms with Crippen molar-refractivity contribution in [3.05, 3.63) is 65.2 Å². The molecule has 2 aromatic carbocycles. The summed E-state index contributed by atoms with van der Waals surface area (Å²) in [5.74, 6) is 1.23. The van der Waals surface area contributed by atoms with Gasteiger partial charge >= 0.3 is 0 Å². The van der Waals surface area contributed by atoms with Gasteiger partial charge in [0.1, 0.15) is 5.75 Å². The number of nitrogens with zero attached hydrogens (tertiary/aromatic N) is 1. The first-order valence-electron chi connectivity index (χ1n) is 12.2. The molecule has 2 atom stereocenters. The number of rotatable bonds is 9. The van der Waals surface area contributed by atoms with Crippen molar-refractivity contribution in [2.45, 2.75) is 37.8 Å². The third-order valence-electron chi connectivity index (χ3n) is 7.02. The third kappa shape index (κ3) is 6.56. The predicted molar refractivity (Wildman–Crippen MR) is 133 cm³/mol. The largest absolute Gasteiger partial charge is 0.497 e. The maximum Gasteiger partial charge on any atom is 0.225 e. The van der Waals surface area contributed by atoms with Crippen molar-refractivity contribution in [2.24, 2.45) is 5.92 Å². The number of likely N-dealkylation sites (N-methyl/N-ethyl adjacent to an activating group) is 1. The van der Waals surface area contributed by atoms with Crippen LogP contribution in [0.3, 0.4) is 0 Å². The van der Waals surface area contributed by atoms with Crippen LogP contribution in [0.2, 0.25) is 0 Å². The van der Waals surface area contributed by atoms with E-state index in [4.69, 9.17) is 4.74 Å². The molecule has 2 saturated heterocycles. The Labute approximate surface area is 198 Å². The lowest BCUT2D eigenvalue weighted by molar-refractivity contribution is -0.124. The Hall–Kier alpha value is -2.41. The number of nitrogens with one attached hydrogen (secondary N) is 3. The Morgan fingerprint density at radius 3 is 2.64 bits per heavy atom. The highest BCUT2D eigenvalue weighted by Gasteiger charge is 2.36. The predicted octanol–water partition coefficient (Wildman–Crippen LogP) is 2.54. The van der Waals surface area contributed by atoms with Crippen LogP contribution in [0.15, 0.2) is 48.5 Å². The van der Waals surface area contributed by atoms with Gasteiger partial charge in [-0.25, -0.2) is 0 Å². The fourth-order valence-electron chi connectivity index (χ4n) is 5.08. The molecule has 0 aromatic heterocycles. The van der Waals surface area contributed by atoms with Gasteiger partial charge in [0.25, 0.3) is 0 Å². The highest BCUT2D eigenvalue weighted by Crippen LogP contribution is 2.32. The SMILES string of the molecule is COc1ccc(CCNC(=O)C2CN(C)CC2c2cccc(CNC3CCNCC3)c2)cc1. The van der Waals surface area contributed by atoms with Crippen molar-refractivity contribution in [3.63, 3.8) is 0 Å². The topological polar surface area (TPSA) is 65.6 Å². The maximum absolute atomic E-state index is 13.1. The Balaban J connectivity index is 1.32. The van der Waals surface area contributed by atoms with Gasteiger partial charge in [-0.1, -0.05) is 36.4 Å². The zero-order valence-electron chi connectivity index (χ0n) is 20.0. The third-order valence-corrected chi connectivity index (χ3v) is 7.02. The van der Waals surface area contributed by atoms with E-state index in [0.717, 1.165) is 44.9 Å². The molecule has 2 aliphatic heterocycles. The molecule has 0 radical (unpaired) electrons. The molecule has 4 rings (SSSR count). The second-order valence-corrected chi connectivity index (χ2v) is 9.47. The van der Waals surface area contributed by atoms with Crippen molar-refractivity contribution < 1.29 is 9.53 Å². The molecule has 0 spiro atoms. The number of carbonyl (C=O) groups is 1. The summed E-state index contributed by atoms with van der Waals surface area (Å²) in [6.45, 7) is 5.46. The second kappa shape index (κ2) is 11.6. The molecule has 0 saturated carbocycles. The van der Waals surface area contributed by atoms with Gasteiger partial charge in [0, 0.05) is 38.1 Å². The summed E-state index contributed by atoms with van der Waals surface area (Å²) in [7, 11) is 3.78. The van der Waals surface area contributed by atoms with E-state index in [9.17, 15) is 4.79 Å². The Morgan fingerprint density at radius 1 is 1.09 bits per heavy atom. The smallest absolute Gasteiger partial charge is 0.225 e. The molecule has 2 fully saturated rings. The molecule has 2 aliphatic rings. The number of likely N-dealkylation sites (tertiary alicyclic amines) is 1. The average molecular weight is 451 g/mol. The Morgan fingerprint density at radius 2 is 1.88 bits per heavy atom. The molecule has 2 aromatic rings. The lowest BCUT2D eigenvalue weighted by Gasteiger charge is -2.24. The van der Waals surface area contributed by atoms with Gasteiger partial charge in [0.15, 0.2) is 0 Å². The maximum atomic E-state index is 13.1. The number of amides is 1. The fraction of sp³-hybridized carbons (Fsp3) is 0.519. The van der Waals surface area contributed by atoms with Gasteiger partial charge in [0.2, 0.25) is 5.91 Å². The first-order valence-corrected chi connectivity index (χ1v) is 12.2. The molecular formula is C27H38N4O2. The van der Waals surface area contributed by atoms with E-state index in [1.54, 1.807) is 7.11 Å². The molecule has 1 amide bonds. The fourth-order valence-corrected chi connectivity index (χ4v) is 5.08. The van der Waals surface area contributed by atoms with Crippen molar-refractivity contribution in [2.75, 3.05) is 46.9 Å². The normalized spacial score (nSPS) is 21.8. The zero-order chi connectivity index (χ0) is 23.0. The second-order valence-electron chi connectivity index (χ2n) is 9.47. The zero-order valence-corrected chi connectivity index (χ0v) is 20.0. The van der Waals surface area contributed by atoms with Crippen LogP contribution in [0.5, 0.6) is 5.75 Å². The summed E-state index contributed by atoms with van der Waals surface area (Å²) in [5, 5.41) is 10.3. The van der Waals surface area contributed by atoms with Crippen LogP contribution in [0.4, 0.5) is 0 Å². The summed E-state index contributed by atoms with van der Waals surface area (Å²) in [5.41, 5.74) is 3.78. The molecule has 0 bridgehead atoms. The molecule has 0 aliphatic carbocycles. The van der Waals surface area contributed by atoms with E-state index in [1.165, 1.54) is 29.5 Å². The quantitative estimate of drug-likeness (QED) is 0.548. The van der Waals surface area contributed by atoms with Crippen LogP contribution in [0, 0.1) is 5.92 Å². The first kappa shape index (κ1) is 23.7. The minimum Gasteiger partial charge on any atom is -0.497 e. The molecular weight excluding hydrogens is 412 g/mol. The lowest BCUT2D eigenvalue weighted by Crippen LogP contribution is -2.39. The molecule has 33 heavy (non-hydrogen) atoms. The van der Waals surface area contributed by atoms with Crippen molar-refractivity contribution >= 4 is 5.91 Å². The molecule has 3 N–H and O–H groups in total. The van der Waals surface area contributed by atoms with E-state index in [1.807, 2.05) is 12.1 Å². The Kier molecular flexibility index (Phi) is 8.37. The van der Waals surface area contributed by atoms with Crippen LogP contribution in [-0.2, 0) is 17.8 Å². The number of hydrogen-bond acceptors (Lipinski definition) is 5. The van der Waals surface area contributed by atoms with E-state index in [2.05, 4.69) is 64.3 Å².